The highest BCUT2D eigenvalue weighted by molar-refractivity contribution is 5.84. The molecular weight excluding hydrogens is 278 g/mol. The number of hydrogen-bond donors (Lipinski definition) is 1. The molecule has 1 atom stereocenters. The molecule has 5 nitrogen and oxygen atoms in total. The van der Waals surface area contributed by atoms with Crippen molar-refractivity contribution >= 4 is 16.7 Å². The number of rotatable bonds is 3. The number of amides is 1. The Morgan fingerprint density at radius 2 is 2.09 bits per heavy atom. The number of carbonyl (C=O) groups is 1. The molecule has 0 fully saturated rings. The van der Waals surface area contributed by atoms with Crippen molar-refractivity contribution in [1.82, 2.24) is 15.1 Å². The fourth-order valence-corrected chi connectivity index (χ4v) is 2.85. The zero-order chi connectivity index (χ0) is 15.5. The van der Waals surface area contributed by atoms with E-state index in [0.717, 1.165) is 30.3 Å². The molecule has 0 aliphatic heterocycles. The van der Waals surface area contributed by atoms with E-state index in [4.69, 9.17) is 0 Å². The minimum Gasteiger partial charge on any atom is -0.350 e. The third-order valence-electron chi connectivity index (χ3n) is 4.10. The van der Waals surface area contributed by atoms with E-state index in [1.807, 2.05) is 18.2 Å². The summed E-state index contributed by atoms with van der Waals surface area (Å²) in [7, 11) is 1.63. The molecule has 1 aliphatic carbocycles. The minimum atomic E-state index is -0.122. The molecule has 5 heteroatoms. The second kappa shape index (κ2) is 6.13. The first kappa shape index (κ1) is 14.5. The molecule has 114 valence electrons. The highest BCUT2D eigenvalue weighted by Gasteiger charge is 2.19. The molecule has 1 N–H and O–H groups in total. The van der Waals surface area contributed by atoms with Crippen molar-refractivity contribution in [2.45, 2.75) is 25.8 Å². The van der Waals surface area contributed by atoms with Crippen LogP contribution in [0.4, 0.5) is 0 Å². The van der Waals surface area contributed by atoms with Crippen LogP contribution in [0.5, 0.6) is 0 Å². The topological polar surface area (TPSA) is 64.0 Å². The van der Waals surface area contributed by atoms with Gasteiger partial charge in [0.1, 0.15) is 0 Å². The fraction of sp³-hybridized carbons (Fsp3) is 0.353. The molecule has 0 bridgehead atoms. The van der Waals surface area contributed by atoms with Crippen molar-refractivity contribution in [3.8, 4) is 0 Å². The van der Waals surface area contributed by atoms with E-state index in [1.165, 1.54) is 4.68 Å². The predicted octanol–water partition coefficient (Wildman–Crippen LogP) is 1.91. The quantitative estimate of drug-likeness (QED) is 0.880. The molecule has 1 aromatic heterocycles. The van der Waals surface area contributed by atoms with Crippen molar-refractivity contribution in [1.29, 1.82) is 0 Å². The molecule has 1 amide bonds. The van der Waals surface area contributed by atoms with E-state index in [2.05, 4.69) is 22.6 Å². The second-order valence-corrected chi connectivity index (χ2v) is 5.62. The van der Waals surface area contributed by atoms with Crippen LogP contribution in [0.3, 0.4) is 0 Å². The molecule has 1 aliphatic rings. The van der Waals surface area contributed by atoms with E-state index >= 15 is 0 Å². The molecule has 1 aromatic carbocycles. The van der Waals surface area contributed by atoms with Crippen molar-refractivity contribution < 1.29 is 4.79 Å². The summed E-state index contributed by atoms with van der Waals surface area (Å²) in [6.07, 6.45) is 6.83. The van der Waals surface area contributed by atoms with Crippen LogP contribution in [0.15, 0.2) is 41.2 Å². The first-order valence-corrected chi connectivity index (χ1v) is 7.54. The molecule has 3 rings (SSSR count). The molecule has 0 spiro atoms. The lowest BCUT2D eigenvalue weighted by atomic mass is 9.93. The number of nitrogens with one attached hydrogen (secondary N) is 1. The van der Waals surface area contributed by atoms with Gasteiger partial charge in [-0.2, -0.15) is 5.10 Å². The van der Waals surface area contributed by atoms with Gasteiger partial charge in [-0.3, -0.25) is 9.59 Å². The Morgan fingerprint density at radius 1 is 1.32 bits per heavy atom. The summed E-state index contributed by atoms with van der Waals surface area (Å²) in [6, 6.07) is 7.37. The summed E-state index contributed by atoms with van der Waals surface area (Å²) in [5, 5.41) is 8.68. The fourth-order valence-electron chi connectivity index (χ4n) is 2.85. The van der Waals surface area contributed by atoms with E-state index in [9.17, 15) is 9.59 Å². The number of carbonyl (C=O) groups excluding carboxylic acids is 1. The molecule has 1 unspecified atom stereocenters. The Hall–Kier alpha value is -2.43. The number of nitrogens with zero attached hydrogens (tertiary/aromatic N) is 2. The van der Waals surface area contributed by atoms with Gasteiger partial charge in [0.05, 0.1) is 17.6 Å². The van der Waals surface area contributed by atoms with Gasteiger partial charge in [0.15, 0.2) is 0 Å². The van der Waals surface area contributed by atoms with Gasteiger partial charge in [0.25, 0.3) is 5.56 Å². The van der Waals surface area contributed by atoms with Crippen molar-refractivity contribution in [3.63, 3.8) is 0 Å². The highest BCUT2D eigenvalue weighted by atomic mass is 16.2. The van der Waals surface area contributed by atoms with E-state index in [1.54, 1.807) is 13.1 Å². The predicted molar refractivity (Wildman–Crippen MR) is 85.3 cm³/mol. The summed E-state index contributed by atoms with van der Waals surface area (Å²) in [6.45, 7) is 0.341. The summed E-state index contributed by atoms with van der Waals surface area (Å²) in [5.74, 6) is 0.105. The van der Waals surface area contributed by atoms with Crippen molar-refractivity contribution in [2.75, 3.05) is 0 Å². The lowest BCUT2D eigenvalue weighted by molar-refractivity contribution is -0.125. The van der Waals surface area contributed by atoms with Crippen LogP contribution in [0.1, 0.15) is 25.0 Å². The van der Waals surface area contributed by atoms with Gasteiger partial charge in [-0.25, -0.2) is 4.68 Å². The number of allylic oxidation sites excluding steroid dienone is 2. The smallest absolute Gasteiger partial charge is 0.274 e. The van der Waals surface area contributed by atoms with Gasteiger partial charge in [0.2, 0.25) is 5.91 Å². The summed E-state index contributed by atoms with van der Waals surface area (Å²) in [5.41, 5.74) is 0.598. The first-order chi connectivity index (χ1) is 10.7. The Bertz CT molecular complexity index is 792. The van der Waals surface area contributed by atoms with Crippen LogP contribution in [0.25, 0.3) is 10.8 Å². The molecular formula is C17H19N3O2. The largest absolute Gasteiger partial charge is 0.350 e. The highest BCUT2D eigenvalue weighted by Crippen LogP contribution is 2.18. The van der Waals surface area contributed by atoms with Gasteiger partial charge >= 0.3 is 0 Å². The van der Waals surface area contributed by atoms with Crippen molar-refractivity contribution in [2.24, 2.45) is 13.0 Å². The Morgan fingerprint density at radius 3 is 2.82 bits per heavy atom. The third kappa shape index (κ3) is 2.79. The zero-order valence-corrected chi connectivity index (χ0v) is 12.6. The van der Waals surface area contributed by atoms with E-state index in [0.29, 0.717) is 11.9 Å². The molecule has 1 heterocycles. The van der Waals surface area contributed by atoms with Crippen LogP contribution in [-0.4, -0.2) is 15.7 Å². The van der Waals surface area contributed by atoms with E-state index in [-0.39, 0.29) is 17.4 Å². The van der Waals surface area contributed by atoms with Crippen molar-refractivity contribution in [3.05, 3.63) is 52.5 Å². The maximum Gasteiger partial charge on any atom is 0.274 e. The zero-order valence-electron chi connectivity index (χ0n) is 12.6. The maximum absolute atomic E-state index is 12.2. The Labute approximate surface area is 128 Å². The maximum atomic E-state index is 12.2. The lowest BCUT2D eigenvalue weighted by Gasteiger charge is -2.17. The van der Waals surface area contributed by atoms with E-state index < -0.39 is 0 Å². The van der Waals surface area contributed by atoms with Crippen LogP contribution in [-0.2, 0) is 18.4 Å². The Balaban J connectivity index is 1.82. The van der Waals surface area contributed by atoms with Crippen LogP contribution >= 0.6 is 0 Å². The Kier molecular flexibility index (Phi) is 4.04. The average Bonchev–Trinajstić information content (AvgIpc) is 2.57. The summed E-state index contributed by atoms with van der Waals surface area (Å²) >= 11 is 0. The molecule has 0 saturated carbocycles. The third-order valence-corrected chi connectivity index (χ3v) is 4.10. The average molecular weight is 297 g/mol. The standard InChI is InChI=1S/C17H19N3O2/c1-20-17(22)14-10-6-5-9-13(14)15(19-20)11-18-16(21)12-7-3-2-4-8-12/h2-3,5-6,9-10,12H,4,7-8,11H2,1H3,(H,18,21). The lowest BCUT2D eigenvalue weighted by Crippen LogP contribution is -2.32. The van der Waals surface area contributed by atoms with Gasteiger partial charge < -0.3 is 5.32 Å². The normalized spacial score (nSPS) is 17.6. The van der Waals surface area contributed by atoms with Gasteiger partial charge in [-0.05, 0) is 25.3 Å². The second-order valence-electron chi connectivity index (χ2n) is 5.62. The molecule has 0 saturated heterocycles. The van der Waals surface area contributed by atoms with Crippen LogP contribution in [0, 0.1) is 5.92 Å². The number of aryl methyl sites for hydroxylation is 1. The SMILES string of the molecule is Cn1nc(CNC(=O)C2CC=CCC2)c2ccccc2c1=O. The van der Waals surface area contributed by atoms with Gasteiger partial charge in [-0.15, -0.1) is 0 Å². The number of benzene rings is 1. The van der Waals surface area contributed by atoms with Crippen LogP contribution < -0.4 is 10.9 Å². The summed E-state index contributed by atoms with van der Waals surface area (Å²) in [4.78, 5) is 24.3. The number of fused-ring (bicyclic) bond motifs is 1. The minimum absolute atomic E-state index is 0.0452. The van der Waals surface area contributed by atoms with Gasteiger partial charge in [-0.1, -0.05) is 30.4 Å². The van der Waals surface area contributed by atoms with Crippen LogP contribution in [0.2, 0.25) is 0 Å². The summed E-state index contributed by atoms with van der Waals surface area (Å²) < 4.78 is 1.33. The van der Waals surface area contributed by atoms with Gasteiger partial charge in [0, 0.05) is 18.4 Å². The molecule has 0 radical (unpaired) electrons. The first-order valence-electron chi connectivity index (χ1n) is 7.54. The monoisotopic (exact) mass is 297 g/mol. The molecule has 22 heavy (non-hydrogen) atoms. The number of hydrogen-bond acceptors (Lipinski definition) is 3. The number of aromatic nitrogens is 2. The molecule has 2 aromatic rings.